The second kappa shape index (κ2) is 7.98. The summed E-state index contributed by atoms with van der Waals surface area (Å²) in [6.45, 7) is 0.122. The van der Waals surface area contributed by atoms with Crippen molar-refractivity contribution in [2.75, 3.05) is 13.1 Å². The molecule has 0 bridgehead atoms. The van der Waals surface area contributed by atoms with E-state index >= 15 is 0 Å². The number of nitrogens with zero attached hydrogens (tertiary/aromatic N) is 3. The molecule has 1 N–H and O–H groups in total. The molecule has 1 aliphatic carbocycles. The van der Waals surface area contributed by atoms with Crippen LogP contribution in [0.4, 0.5) is 0 Å². The molecule has 1 aliphatic heterocycles. The number of carbonyl (C=O) groups is 3. The highest BCUT2D eigenvalue weighted by atomic mass is 16.2. The number of nitrogens with one attached hydrogen (secondary N) is 1. The highest BCUT2D eigenvalue weighted by Gasteiger charge is 2.36. The molecular weight excluding hydrogens is 372 g/mol. The van der Waals surface area contributed by atoms with Gasteiger partial charge in [0.25, 0.3) is 17.4 Å². The van der Waals surface area contributed by atoms with Crippen molar-refractivity contribution >= 4 is 17.7 Å². The molecule has 0 spiro atoms. The van der Waals surface area contributed by atoms with Crippen LogP contribution in [0.2, 0.25) is 0 Å². The van der Waals surface area contributed by atoms with E-state index in [1.54, 1.807) is 30.3 Å². The Hall–Kier alpha value is -3.29. The molecule has 0 radical (unpaired) electrons. The average molecular weight is 394 g/mol. The van der Waals surface area contributed by atoms with Gasteiger partial charge in [0, 0.05) is 25.1 Å². The van der Waals surface area contributed by atoms with Gasteiger partial charge in [-0.05, 0) is 25.0 Å². The van der Waals surface area contributed by atoms with Gasteiger partial charge in [0.15, 0.2) is 0 Å². The molecule has 150 valence electrons. The van der Waals surface area contributed by atoms with Gasteiger partial charge in [-0.2, -0.15) is 0 Å². The van der Waals surface area contributed by atoms with Gasteiger partial charge in [-0.15, -0.1) is 0 Å². The molecule has 1 fully saturated rings. The first-order valence-corrected chi connectivity index (χ1v) is 9.83. The van der Waals surface area contributed by atoms with Gasteiger partial charge in [0.2, 0.25) is 5.91 Å². The monoisotopic (exact) mass is 394 g/mol. The topological polar surface area (TPSA) is 101 Å². The zero-order chi connectivity index (χ0) is 20.4. The van der Waals surface area contributed by atoms with E-state index in [1.165, 1.54) is 23.7 Å². The number of carbonyl (C=O) groups excluding carboxylic acids is 3. The molecule has 0 unspecified atom stereocenters. The summed E-state index contributed by atoms with van der Waals surface area (Å²) < 4.78 is 1.45. The Morgan fingerprint density at radius 2 is 1.72 bits per heavy atom. The van der Waals surface area contributed by atoms with Crippen LogP contribution >= 0.6 is 0 Å². The summed E-state index contributed by atoms with van der Waals surface area (Å²) in [5, 5.41) is 2.65. The van der Waals surface area contributed by atoms with Gasteiger partial charge in [0.05, 0.1) is 23.1 Å². The molecule has 4 rings (SSSR count). The number of hydrogen-bond acceptors (Lipinski definition) is 5. The summed E-state index contributed by atoms with van der Waals surface area (Å²) in [6.07, 6.45) is 6.02. The highest BCUT2D eigenvalue weighted by Crippen LogP contribution is 2.32. The molecule has 29 heavy (non-hydrogen) atoms. The number of amides is 3. The number of fused-ring (bicyclic) bond motifs is 1. The fourth-order valence-electron chi connectivity index (χ4n) is 3.95. The minimum absolute atomic E-state index is 0.142. The van der Waals surface area contributed by atoms with Gasteiger partial charge >= 0.3 is 0 Å². The van der Waals surface area contributed by atoms with E-state index in [0.29, 0.717) is 17.0 Å². The molecule has 2 heterocycles. The van der Waals surface area contributed by atoms with E-state index in [4.69, 9.17) is 0 Å². The first-order valence-electron chi connectivity index (χ1n) is 9.83. The van der Waals surface area contributed by atoms with Gasteiger partial charge in [0.1, 0.15) is 6.54 Å². The van der Waals surface area contributed by atoms with E-state index in [0.717, 1.165) is 23.4 Å². The molecule has 1 saturated carbocycles. The molecular formula is C21H22N4O4. The van der Waals surface area contributed by atoms with Gasteiger partial charge in [-0.1, -0.05) is 25.0 Å². The minimum atomic E-state index is -0.469. The van der Waals surface area contributed by atoms with Crippen LogP contribution in [0.5, 0.6) is 0 Å². The van der Waals surface area contributed by atoms with Gasteiger partial charge in [-0.25, -0.2) is 4.98 Å². The first kappa shape index (κ1) is 19.0. The molecule has 2 aromatic rings. The van der Waals surface area contributed by atoms with Crippen LogP contribution in [0.1, 0.15) is 58.0 Å². The van der Waals surface area contributed by atoms with E-state index in [1.807, 2.05) is 0 Å². The number of aromatic nitrogens is 2. The number of hydrogen-bond donors (Lipinski definition) is 1. The number of rotatable bonds is 6. The fourth-order valence-corrected chi connectivity index (χ4v) is 3.95. The molecule has 2 aliphatic rings. The van der Waals surface area contributed by atoms with E-state index in [-0.39, 0.29) is 25.2 Å². The van der Waals surface area contributed by atoms with Crippen LogP contribution in [-0.4, -0.2) is 45.3 Å². The second-order valence-corrected chi connectivity index (χ2v) is 7.42. The van der Waals surface area contributed by atoms with Crippen molar-refractivity contribution < 1.29 is 14.4 Å². The lowest BCUT2D eigenvalue weighted by molar-refractivity contribution is -0.121. The van der Waals surface area contributed by atoms with Crippen molar-refractivity contribution in [1.82, 2.24) is 19.8 Å². The third-order valence-corrected chi connectivity index (χ3v) is 5.53. The Morgan fingerprint density at radius 1 is 1.07 bits per heavy atom. The summed E-state index contributed by atoms with van der Waals surface area (Å²) in [5.41, 5.74) is 1.32. The van der Waals surface area contributed by atoms with Crippen LogP contribution in [0, 0.1) is 0 Å². The normalized spacial score (nSPS) is 16.3. The van der Waals surface area contributed by atoms with Crippen molar-refractivity contribution in [2.24, 2.45) is 0 Å². The molecule has 3 amide bonds. The van der Waals surface area contributed by atoms with Crippen LogP contribution in [0.3, 0.4) is 0 Å². The minimum Gasteiger partial charge on any atom is -0.353 e. The molecule has 1 aromatic carbocycles. The molecule has 8 nitrogen and oxygen atoms in total. The third kappa shape index (κ3) is 3.83. The van der Waals surface area contributed by atoms with Crippen molar-refractivity contribution in [3.8, 4) is 0 Å². The van der Waals surface area contributed by atoms with Crippen molar-refractivity contribution in [2.45, 2.75) is 38.1 Å². The number of benzene rings is 1. The van der Waals surface area contributed by atoms with E-state index in [2.05, 4.69) is 10.3 Å². The third-order valence-electron chi connectivity index (χ3n) is 5.53. The Bertz CT molecular complexity index is 988. The van der Waals surface area contributed by atoms with Crippen molar-refractivity contribution in [1.29, 1.82) is 0 Å². The maximum absolute atomic E-state index is 12.3. The molecule has 8 heteroatoms. The Labute approximate surface area is 167 Å². The molecule has 0 atom stereocenters. The van der Waals surface area contributed by atoms with E-state index < -0.39 is 17.7 Å². The highest BCUT2D eigenvalue weighted by molar-refractivity contribution is 6.22. The number of imide groups is 1. The Morgan fingerprint density at radius 3 is 2.34 bits per heavy atom. The smallest absolute Gasteiger partial charge is 0.262 e. The zero-order valence-electron chi connectivity index (χ0n) is 16.0. The summed E-state index contributed by atoms with van der Waals surface area (Å²) in [5.74, 6) is -1.02. The van der Waals surface area contributed by atoms with Crippen LogP contribution in [0.25, 0.3) is 0 Å². The van der Waals surface area contributed by atoms with Crippen molar-refractivity contribution in [3.05, 3.63) is 63.8 Å². The predicted octanol–water partition coefficient (Wildman–Crippen LogP) is 1.31. The SMILES string of the molecule is O=C(CN1C(=O)c2ccccc2C1=O)NCCn1cnc(C2CCCC2)cc1=O. The largest absolute Gasteiger partial charge is 0.353 e. The zero-order valence-corrected chi connectivity index (χ0v) is 16.0. The lowest BCUT2D eigenvalue weighted by Crippen LogP contribution is -2.41. The van der Waals surface area contributed by atoms with Gasteiger partial charge in [-0.3, -0.25) is 28.6 Å². The van der Waals surface area contributed by atoms with Gasteiger partial charge < -0.3 is 5.32 Å². The maximum Gasteiger partial charge on any atom is 0.262 e. The predicted molar refractivity (Wildman–Crippen MR) is 105 cm³/mol. The van der Waals surface area contributed by atoms with Crippen LogP contribution in [0.15, 0.2) is 41.5 Å². The lowest BCUT2D eigenvalue weighted by atomic mass is 10.0. The molecule has 1 aromatic heterocycles. The second-order valence-electron chi connectivity index (χ2n) is 7.42. The van der Waals surface area contributed by atoms with Crippen molar-refractivity contribution in [3.63, 3.8) is 0 Å². The molecule has 0 saturated heterocycles. The summed E-state index contributed by atoms with van der Waals surface area (Å²) in [6, 6.07) is 8.08. The van der Waals surface area contributed by atoms with E-state index in [9.17, 15) is 19.2 Å². The van der Waals surface area contributed by atoms with Crippen LogP contribution < -0.4 is 10.9 Å². The maximum atomic E-state index is 12.3. The Kier molecular flexibility index (Phi) is 5.24. The standard InChI is InChI=1S/C21H22N4O4/c26-18(12-25-20(28)15-7-3-4-8-16(15)21(25)29)22-9-10-24-13-23-17(11-19(24)27)14-5-1-2-6-14/h3-4,7-8,11,13-14H,1-2,5-6,9-10,12H2,(H,22,26). The Balaban J connectivity index is 1.30. The summed E-state index contributed by atoms with van der Waals surface area (Å²) in [4.78, 5) is 54.4. The average Bonchev–Trinajstić information content (AvgIpc) is 3.34. The first-order chi connectivity index (χ1) is 14.0. The van der Waals surface area contributed by atoms with Crippen LogP contribution in [-0.2, 0) is 11.3 Å². The summed E-state index contributed by atoms with van der Waals surface area (Å²) >= 11 is 0. The lowest BCUT2D eigenvalue weighted by Gasteiger charge is -2.14. The fraction of sp³-hybridized carbons (Fsp3) is 0.381. The quantitative estimate of drug-likeness (QED) is 0.745. The summed E-state index contributed by atoms with van der Waals surface area (Å²) in [7, 11) is 0.